The lowest BCUT2D eigenvalue weighted by Crippen LogP contribution is -2.19. The number of anilines is 1. The highest BCUT2D eigenvalue weighted by Gasteiger charge is 2.18. The molecule has 0 aliphatic heterocycles. The molecule has 6 heteroatoms. The average molecular weight is 364 g/mol. The first-order valence-corrected chi connectivity index (χ1v) is 8.25. The Labute approximate surface area is 149 Å². The Bertz CT molecular complexity index is 803. The van der Waals surface area contributed by atoms with Crippen LogP contribution in [0.2, 0.25) is 5.02 Å². The summed E-state index contributed by atoms with van der Waals surface area (Å²) in [6.45, 7) is -0.193. The molecule has 1 aliphatic rings. The Morgan fingerprint density at radius 1 is 1.24 bits per heavy atom. The first-order chi connectivity index (χ1) is 12.0. The van der Waals surface area contributed by atoms with Crippen molar-refractivity contribution in [3.8, 4) is 5.75 Å². The summed E-state index contributed by atoms with van der Waals surface area (Å²) < 4.78 is 33.2. The summed E-state index contributed by atoms with van der Waals surface area (Å²) in [6, 6.07) is 8.39. The van der Waals surface area contributed by atoms with Crippen molar-refractivity contribution in [2.24, 2.45) is 5.92 Å². The molecule has 0 saturated carbocycles. The van der Waals surface area contributed by atoms with Crippen LogP contribution in [0.5, 0.6) is 5.75 Å². The third-order valence-corrected chi connectivity index (χ3v) is 4.34. The molecule has 1 N–H and O–H groups in total. The fourth-order valence-corrected chi connectivity index (χ4v) is 2.82. The van der Waals surface area contributed by atoms with Crippen LogP contribution >= 0.6 is 11.6 Å². The van der Waals surface area contributed by atoms with Gasteiger partial charge in [-0.1, -0.05) is 29.8 Å². The molecule has 130 valence electrons. The monoisotopic (exact) mass is 363 g/mol. The van der Waals surface area contributed by atoms with Gasteiger partial charge in [0.2, 0.25) is 5.91 Å². The molecule has 1 aliphatic carbocycles. The largest absolute Gasteiger partial charge is 0.486 e. The van der Waals surface area contributed by atoms with Gasteiger partial charge in [-0.05, 0) is 37.1 Å². The smallest absolute Gasteiger partial charge is 0.231 e. The van der Waals surface area contributed by atoms with Gasteiger partial charge >= 0.3 is 0 Å². The van der Waals surface area contributed by atoms with Gasteiger partial charge in [0, 0.05) is 17.3 Å². The van der Waals surface area contributed by atoms with Crippen molar-refractivity contribution in [2.45, 2.75) is 19.4 Å². The van der Waals surface area contributed by atoms with Crippen molar-refractivity contribution >= 4 is 23.2 Å². The number of rotatable bonds is 5. The first-order valence-electron chi connectivity index (χ1n) is 7.87. The van der Waals surface area contributed by atoms with Crippen LogP contribution in [0, 0.1) is 17.6 Å². The summed E-state index contributed by atoms with van der Waals surface area (Å²) >= 11 is 5.91. The van der Waals surface area contributed by atoms with E-state index in [1.165, 1.54) is 36.4 Å². The zero-order valence-electron chi connectivity index (χ0n) is 13.3. The molecular weight excluding hydrogens is 348 g/mol. The van der Waals surface area contributed by atoms with Crippen molar-refractivity contribution in [3.05, 3.63) is 70.8 Å². The number of nitrogens with one attached hydrogen (secondary N) is 1. The van der Waals surface area contributed by atoms with E-state index in [1.807, 2.05) is 12.2 Å². The Kier molecular flexibility index (Phi) is 5.34. The third-order valence-electron chi connectivity index (χ3n) is 3.98. The maximum Gasteiger partial charge on any atom is 0.231 e. The zero-order chi connectivity index (χ0) is 17.8. The molecule has 0 aromatic heterocycles. The topological polar surface area (TPSA) is 38.3 Å². The molecule has 3 nitrogen and oxygen atoms in total. The van der Waals surface area contributed by atoms with Crippen molar-refractivity contribution < 1.29 is 18.3 Å². The minimum absolute atomic E-state index is 0.0434. The Morgan fingerprint density at radius 2 is 2.08 bits per heavy atom. The molecule has 2 aromatic carbocycles. The third kappa shape index (κ3) is 4.17. The quantitative estimate of drug-likeness (QED) is 0.750. The molecular formula is C19H16ClF2NO2. The van der Waals surface area contributed by atoms with Gasteiger partial charge in [-0.2, -0.15) is 0 Å². The van der Waals surface area contributed by atoms with E-state index in [1.54, 1.807) is 0 Å². The fraction of sp³-hybridized carbons (Fsp3) is 0.211. The van der Waals surface area contributed by atoms with Crippen LogP contribution in [0.25, 0.3) is 0 Å². The summed E-state index contributed by atoms with van der Waals surface area (Å²) in [4.78, 5) is 12.0. The van der Waals surface area contributed by atoms with Gasteiger partial charge in [-0.3, -0.25) is 4.79 Å². The summed E-state index contributed by atoms with van der Waals surface area (Å²) in [5.74, 6) is -1.55. The molecule has 0 fully saturated rings. The lowest BCUT2D eigenvalue weighted by Gasteiger charge is -2.12. The Morgan fingerprint density at radius 3 is 2.76 bits per heavy atom. The number of carbonyl (C=O) groups excluding carboxylic acids is 1. The molecule has 2 aromatic rings. The van der Waals surface area contributed by atoms with Crippen LogP contribution in [-0.4, -0.2) is 5.91 Å². The Balaban J connectivity index is 1.65. The van der Waals surface area contributed by atoms with Crippen LogP contribution in [-0.2, 0) is 11.4 Å². The second-order valence-electron chi connectivity index (χ2n) is 5.74. The van der Waals surface area contributed by atoms with E-state index in [9.17, 15) is 13.6 Å². The van der Waals surface area contributed by atoms with Gasteiger partial charge in [0.15, 0.2) is 11.6 Å². The zero-order valence-corrected chi connectivity index (χ0v) is 14.0. The van der Waals surface area contributed by atoms with Crippen molar-refractivity contribution in [3.63, 3.8) is 0 Å². The second kappa shape index (κ2) is 7.66. The van der Waals surface area contributed by atoms with Gasteiger partial charge in [0.05, 0.1) is 10.9 Å². The molecule has 1 atom stereocenters. The van der Waals surface area contributed by atoms with Gasteiger partial charge in [0.1, 0.15) is 12.4 Å². The van der Waals surface area contributed by atoms with Crippen molar-refractivity contribution in [1.29, 1.82) is 0 Å². The lowest BCUT2D eigenvalue weighted by atomic mass is 10.1. The number of amides is 1. The summed E-state index contributed by atoms with van der Waals surface area (Å²) in [6.07, 6.45) is 5.44. The van der Waals surface area contributed by atoms with Crippen LogP contribution in [0.1, 0.15) is 18.4 Å². The predicted octanol–water partition coefficient (Wildman–Crippen LogP) is 5.10. The highest BCUT2D eigenvalue weighted by atomic mass is 35.5. The van der Waals surface area contributed by atoms with Crippen LogP contribution < -0.4 is 10.1 Å². The SMILES string of the molecule is O=C(Nc1ccc(OCc2c(F)cccc2Cl)c(F)c1)C1C=CCC1. The normalized spacial score (nSPS) is 16.0. The van der Waals surface area contributed by atoms with E-state index in [0.29, 0.717) is 5.69 Å². The molecule has 0 radical (unpaired) electrons. The van der Waals surface area contributed by atoms with E-state index in [4.69, 9.17) is 16.3 Å². The van der Waals surface area contributed by atoms with E-state index in [0.717, 1.165) is 12.8 Å². The van der Waals surface area contributed by atoms with Crippen LogP contribution in [0.3, 0.4) is 0 Å². The molecule has 0 spiro atoms. The van der Waals surface area contributed by atoms with E-state index in [-0.39, 0.29) is 34.8 Å². The molecule has 0 heterocycles. The maximum atomic E-state index is 14.2. The number of carbonyl (C=O) groups is 1. The predicted molar refractivity (Wildman–Crippen MR) is 92.6 cm³/mol. The van der Waals surface area contributed by atoms with E-state index >= 15 is 0 Å². The minimum atomic E-state index is -0.646. The average Bonchev–Trinajstić information content (AvgIpc) is 3.11. The number of ether oxygens (including phenoxy) is 1. The maximum absolute atomic E-state index is 14.2. The fourth-order valence-electron chi connectivity index (χ4n) is 2.60. The van der Waals surface area contributed by atoms with Gasteiger partial charge in [-0.15, -0.1) is 0 Å². The molecule has 0 bridgehead atoms. The molecule has 3 rings (SSSR count). The van der Waals surface area contributed by atoms with Gasteiger partial charge < -0.3 is 10.1 Å². The van der Waals surface area contributed by atoms with Crippen LogP contribution in [0.15, 0.2) is 48.6 Å². The highest BCUT2D eigenvalue weighted by molar-refractivity contribution is 6.31. The second-order valence-corrected chi connectivity index (χ2v) is 6.14. The van der Waals surface area contributed by atoms with Gasteiger partial charge in [-0.25, -0.2) is 8.78 Å². The number of hydrogen-bond acceptors (Lipinski definition) is 2. The first kappa shape index (κ1) is 17.4. The van der Waals surface area contributed by atoms with E-state index in [2.05, 4.69) is 5.32 Å². The molecule has 25 heavy (non-hydrogen) atoms. The number of benzene rings is 2. The summed E-state index contributed by atoms with van der Waals surface area (Å²) in [7, 11) is 0. The molecule has 1 amide bonds. The van der Waals surface area contributed by atoms with Gasteiger partial charge in [0.25, 0.3) is 0 Å². The number of hydrogen-bond donors (Lipinski definition) is 1. The summed E-state index contributed by atoms with van der Waals surface area (Å²) in [5, 5.41) is 2.89. The van der Waals surface area contributed by atoms with Crippen LogP contribution in [0.4, 0.5) is 14.5 Å². The van der Waals surface area contributed by atoms with Crippen molar-refractivity contribution in [1.82, 2.24) is 0 Å². The minimum Gasteiger partial charge on any atom is -0.486 e. The number of allylic oxidation sites excluding steroid dienone is 1. The number of halogens is 3. The summed E-state index contributed by atoms with van der Waals surface area (Å²) in [5.41, 5.74) is 0.507. The highest BCUT2D eigenvalue weighted by Crippen LogP contribution is 2.26. The Hall–Kier alpha value is -2.40. The standard InChI is InChI=1S/C19H16ClF2NO2/c20-15-6-3-7-16(21)14(15)11-25-18-9-8-13(10-17(18)22)23-19(24)12-4-1-2-5-12/h1,3-4,6-10,12H,2,5,11H2,(H,23,24). The molecule has 1 unspecified atom stereocenters. The van der Waals surface area contributed by atoms with Crippen molar-refractivity contribution in [2.75, 3.05) is 5.32 Å². The van der Waals surface area contributed by atoms with E-state index < -0.39 is 11.6 Å². The lowest BCUT2D eigenvalue weighted by molar-refractivity contribution is -0.118. The molecule has 0 saturated heterocycles.